The predicted molar refractivity (Wildman–Crippen MR) is 116 cm³/mol. The van der Waals surface area contributed by atoms with Crippen molar-refractivity contribution in [2.45, 2.75) is 26.3 Å². The maximum atomic E-state index is 13.2. The highest BCUT2D eigenvalue weighted by Crippen LogP contribution is 2.21. The van der Waals surface area contributed by atoms with E-state index in [1.165, 1.54) is 0 Å². The summed E-state index contributed by atoms with van der Waals surface area (Å²) < 4.78 is 1.97. The molecule has 2 amide bonds. The maximum absolute atomic E-state index is 13.2. The van der Waals surface area contributed by atoms with Crippen molar-refractivity contribution in [1.82, 2.24) is 14.5 Å². The maximum Gasteiger partial charge on any atom is 0.270 e. The molecule has 30 heavy (non-hydrogen) atoms. The van der Waals surface area contributed by atoms with Gasteiger partial charge in [0.25, 0.3) is 5.91 Å². The second-order valence-electron chi connectivity index (χ2n) is 7.81. The van der Waals surface area contributed by atoms with Crippen LogP contribution in [-0.2, 0) is 11.3 Å². The molecule has 6 nitrogen and oxygen atoms in total. The lowest BCUT2D eigenvalue weighted by Gasteiger charge is -2.32. The molecular weight excluding hydrogens is 376 g/mol. The number of aromatic nitrogens is 2. The highest BCUT2D eigenvalue weighted by Gasteiger charge is 2.30. The van der Waals surface area contributed by atoms with E-state index < -0.39 is 0 Å². The van der Waals surface area contributed by atoms with Crippen LogP contribution in [0.2, 0.25) is 0 Å². The fourth-order valence-electron chi connectivity index (χ4n) is 3.83. The third kappa shape index (κ3) is 4.59. The minimum absolute atomic E-state index is 0.0260. The quantitative estimate of drug-likeness (QED) is 0.707. The Labute approximate surface area is 176 Å². The van der Waals surface area contributed by atoms with Crippen molar-refractivity contribution in [3.8, 4) is 0 Å². The van der Waals surface area contributed by atoms with Gasteiger partial charge in [0, 0.05) is 32.0 Å². The molecule has 1 unspecified atom stereocenters. The molecule has 6 heteroatoms. The Hall–Kier alpha value is -3.41. The Morgan fingerprint density at radius 1 is 1.10 bits per heavy atom. The van der Waals surface area contributed by atoms with Gasteiger partial charge in [-0.25, -0.2) is 4.98 Å². The average molecular weight is 402 g/mol. The molecule has 0 bridgehead atoms. The fourth-order valence-corrected chi connectivity index (χ4v) is 3.83. The molecule has 1 aliphatic rings. The van der Waals surface area contributed by atoms with Gasteiger partial charge in [0.2, 0.25) is 5.91 Å². The van der Waals surface area contributed by atoms with Gasteiger partial charge >= 0.3 is 0 Å². The number of anilines is 1. The Kier molecular flexibility index (Phi) is 5.93. The number of hydrogen-bond acceptors (Lipinski definition) is 3. The summed E-state index contributed by atoms with van der Waals surface area (Å²) >= 11 is 0. The molecule has 0 spiro atoms. The van der Waals surface area contributed by atoms with E-state index >= 15 is 0 Å². The van der Waals surface area contributed by atoms with Gasteiger partial charge in [0.1, 0.15) is 11.5 Å². The van der Waals surface area contributed by atoms with Crippen molar-refractivity contribution < 1.29 is 9.59 Å². The first-order valence-electron chi connectivity index (χ1n) is 10.3. The molecule has 3 aromatic rings. The van der Waals surface area contributed by atoms with Crippen LogP contribution in [0, 0.1) is 12.8 Å². The lowest BCUT2D eigenvalue weighted by molar-refractivity contribution is -0.121. The summed E-state index contributed by atoms with van der Waals surface area (Å²) in [4.78, 5) is 32.0. The Bertz CT molecular complexity index is 1010. The second kappa shape index (κ2) is 8.95. The molecule has 1 N–H and O–H groups in total. The zero-order chi connectivity index (χ0) is 20.9. The summed E-state index contributed by atoms with van der Waals surface area (Å²) in [6.07, 6.45) is 5.24. The number of nitrogens with one attached hydrogen (secondary N) is 1. The molecule has 154 valence electrons. The van der Waals surface area contributed by atoms with Crippen LogP contribution in [0.5, 0.6) is 0 Å². The van der Waals surface area contributed by atoms with Gasteiger partial charge in [0.15, 0.2) is 0 Å². The van der Waals surface area contributed by atoms with E-state index in [1.807, 2.05) is 54.1 Å². The summed E-state index contributed by atoms with van der Waals surface area (Å²) in [7, 11) is 0. The number of carbonyl (C=O) groups is 2. The standard InChI is InChI=1S/C24H26N4O2/c1-18-11-12-22(25-15-18)26-23(29)20-9-5-14-28(17-20)24(30)21-10-6-13-27(21)16-19-7-3-2-4-8-19/h2-4,6-8,10-13,15,20H,5,9,14,16-17H2,1H3,(H,25,26,29). The number of rotatable bonds is 5. The predicted octanol–water partition coefficient (Wildman–Crippen LogP) is 3.73. The van der Waals surface area contributed by atoms with Crippen LogP contribution in [-0.4, -0.2) is 39.4 Å². The number of aryl methyl sites for hydroxylation is 1. The number of piperidine rings is 1. The first kappa shape index (κ1) is 19.9. The smallest absolute Gasteiger partial charge is 0.270 e. The van der Waals surface area contributed by atoms with Crippen molar-refractivity contribution in [1.29, 1.82) is 0 Å². The second-order valence-corrected chi connectivity index (χ2v) is 7.81. The Morgan fingerprint density at radius 3 is 2.70 bits per heavy atom. The monoisotopic (exact) mass is 402 g/mol. The van der Waals surface area contributed by atoms with E-state index in [4.69, 9.17) is 0 Å². The third-order valence-corrected chi connectivity index (χ3v) is 5.49. The van der Waals surface area contributed by atoms with Gasteiger partial charge < -0.3 is 14.8 Å². The molecular formula is C24H26N4O2. The minimum atomic E-state index is -0.233. The minimum Gasteiger partial charge on any atom is -0.339 e. The van der Waals surface area contributed by atoms with Gasteiger partial charge in [-0.1, -0.05) is 36.4 Å². The Morgan fingerprint density at radius 2 is 1.93 bits per heavy atom. The fraction of sp³-hybridized carbons (Fsp3) is 0.292. The summed E-state index contributed by atoms with van der Waals surface area (Å²) in [5.41, 5.74) is 2.84. The number of likely N-dealkylation sites (tertiary alicyclic amines) is 1. The molecule has 1 atom stereocenters. The highest BCUT2D eigenvalue weighted by atomic mass is 16.2. The van der Waals surface area contributed by atoms with E-state index in [-0.39, 0.29) is 17.7 Å². The number of nitrogens with zero attached hydrogens (tertiary/aromatic N) is 3. The normalized spacial score (nSPS) is 16.3. The number of benzene rings is 1. The van der Waals surface area contributed by atoms with Gasteiger partial charge in [0.05, 0.1) is 5.92 Å². The molecule has 0 aliphatic carbocycles. The first-order valence-corrected chi connectivity index (χ1v) is 10.3. The van der Waals surface area contributed by atoms with Crippen LogP contribution < -0.4 is 5.32 Å². The first-order chi connectivity index (χ1) is 14.6. The molecule has 0 radical (unpaired) electrons. The van der Waals surface area contributed by atoms with E-state index in [0.717, 1.165) is 24.0 Å². The van der Waals surface area contributed by atoms with Gasteiger partial charge in [-0.2, -0.15) is 0 Å². The van der Waals surface area contributed by atoms with Gasteiger partial charge in [-0.3, -0.25) is 9.59 Å². The van der Waals surface area contributed by atoms with Crippen LogP contribution in [0.1, 0.15) is 34.5 Å². The molecule has 2 aromatic heterocycles. The summed E-state index contributed by atoms with van der Waals surface area (Å²) in [6.45, 7) is 3.69. The average Bonchev–Trinajstić information content (AvgIpc) is 3.23. The van der Waals surface area contributed by atoms with Crippen molar-refractivity contribution in [2.24, 2.45) is 5.92 Å². The van der Waals surface area contributed by atoms with Crippen LogP contribution in [0.25, 0.3) is 0 Å². The lowest BCUT2D eigenvalue weighted by atomic mass is 9.97. The number of hydrogen-bond donors (Lipinski definition) is 1. The van der Waals surface area contributed by atoms with Gasteiger partial charge in [-0.15, -0.1) is 0 Å². The topological polar surface area (TPSA) is 67.2 Å². The molecule has 1 saturated heterocycles. The summed E-state index contributed by atoms with van der Waals surface area (Å²) in [5, 5.41) is 2.88. The molecule has 1 aromatic carbocycles. The van der Waals surface area contributed by atoms with E-state index in [2.05, 4.69) is 22.4 Å². The summed E-state index contributed by atoms with van der Waals surface area (Å²) in [6, 6.07) is 17.5. The number of pyridine rings is 1. The van der Waals surface area contributed by atoms with E-state index in [1.54, 1.807) is 17.2 Å². The van der Waals surface area contributed by atoms with Crippen molar-refractivity contribution in [3.63, 3.8) is 0 Å². The van der Waals surface area contributed by atoms with Crippen LogP contribution in [0.15, 0.2) is 67.0 Å². The zero-order valence-electron chi connectivity index (χ0n) is 17.1. The van der Waals surface area contributed by atoms with Crippen LogP contribution in [0.4, 0.5) is 5.82 Å². The summed E-state index contributed by atoms with van der Waals surface area (Å²) in [5.74, 6) is 0.208. The molecule has 3 heterocycles. The van der Waals surface area contributed by atoms with Crippen molar-refractivity contribution in [2.75, 3.05) is 18.4 Å². The molecule has 1 fully saturated rings. The molecule has 0 saturated carbocycles. The van der Waals surface area contributed by atoms with Crippen molar-refractivity contribution >= 4 is 17.6 Å². The highest BCUT2D eigenvalue weighted by molar-refractivity contribution is 5.95. The third-order valence-electron chi connectivity index (χ3n) is 5.49. The van der Waals surface area contributed by atoms with Crippen LogP contribution in [0.3, 0.4) is 0 Å². The van der Waals surface area contributed by atoms with Gasteiger partial charge in [-0.05, 0) is 49.1 Å². The molecule has 4 rings (SSSR count). The molecule has 1 aliphatic heterocycles. The zero-order valence-corrected chi connectivity index (χ0v) is 17.1. The number of amides is 2. The van der Waals surface area contributed by atoms with E-state index in [9.17, 15) is 9.59 Å². The SMILES string of the molecule is Cc1ccc(NC(=O)C2CCCN(C(=O)c3cccn3Cc3ccccc3)C2)nc1. The Balaban J connectivity index is 1.42. The van der Waals surface area contributed by atoms with Crippen molar-refractivity contribution in [3.05, 3.63) is 83.8 Å². The number of carbonyl (C=O) groups excluding carboxylic acids is 2. The lowest BCUT2D eigenvalue weighted by Crippen LogP contribution is -2.44. The largest absolute Gasteiger partial charge is 0.339 e. The van der Waals surface area contributed by atoms with Crippen LogP contribution >= 0.6 is 0 Å². The van der Waals surface area contributed by atoms with E-state index in [0.29, 0.717) is 31.1 Å².